The fraction of sp³-hybridized carbons (Fsp3) is 0.286. The zero-order chi connectivity index (χ0) is 16.4. The highest BCUT2D eigenvalue weighted by Gasteiger charge is 2.27. The number of anilines is 1. The van der Waals surface area contributed by atoms with Crippen LogP contribution in [0.1, 0.15) is 21.8 Å². The van der Waals surface area contributed by atoms with Gasteiger partial charge in [0.05, 0.1) is 4.92 Å². The van der Waals surface area contributed by atoms with E-state index in [0.29, 0.717) is 17.1 Å². The van der Waals surface area contributed by atoms with Crippen molar-refractivity contribution in [3.8, 4) is 0 Å². The molecule has 0 radical (unpaired) electrons. The van der Waals surface area contributed by atoms with Gasteiger partial charge in [-0.25, -0.2) is 0 Å². The van der Waals surface area contributed by atoms with Gasteiger partial charge in [-0.15, -0.1) is 11.8 Å². The number of aromatic nitrogens is 1. The van der Waals surface area contributed by atoms with Crippen LogP contribution < -0.4 is 4.90 Å². The Balaban J connectivity index is 2.50. The average molecular weight is 321 g/mol. The van der Waals surface area contributed by atoms with Crippen molar-refractivity contribution in [3.63, 3.8) is 0 Å². The quantitative estimate of drug-likeness (QED) is 0.488. The highest BCUT2D eigenvalue weighted by atomic mass is 32.2. The number of hydrogen-bond acceptors (Lipinski definition) is 6. The molecule has 0 aliphatic rings. The Labute approximate surface area is 131 Å². The molecule has 0 fully saturated rings. The van der Waals surface area contributed by atoms with Gasteiger partial charge < -0.3 is 9.42 Å². The Morgan fingerprint density at radius 2 is 2.09 bits per heavy atom. The van der Waals surface area contributed by atoms with Gasteiger partial charge >= 0.3 is 0 Å². The molecule has 0 bridgehead atoms. The molecule has 0 saturated heterocycles. The highest BCUT2D eigenvalue weighted by Crippen LogP contribution is 2.29. The standard InChI is InChI=1S/C14H15N3O4S/c1-8-13(9(2)21-15-8)16(3)14(18)11-7-10(22-4)5-6-12(11)17(19)20/h5-7H,1-4H3. The number of rotatable bonds is 4. The minimum absolute atomic E-state index is 0.0411. The molecule has 116 valence electrons. The number of nitro benzene ring substituents is 1. The number of hydrogen-bond donors (Lipinski definition) is 0. The maximum Gasteiger partial charge on any atom is 0.282 e. The number of amides is 1. The lowest BCUT2D eigenvalue weighted by Gasteiger charge is -2.17. The van der Waals surface area contributed by atoms with Crippen LogP contribution in [0.25, 0.3) is 0 Å². The molecular formula is C14H15N3O4S. The number of nitro groups is 1. The molecule has 0 spiro atoms. The Bertz CT molecular complexity index is 722. The minimum atomic E-state index is -0.557. The maximum atomic E-state index is 12.7. The van der Waals surface area contributed by atoms with Crippen LogP contribution in [-0.4, -0.2) is 29.3 Å². The third-order valence-electron chi connectivity index (χ3n) is 3.27. The largest absolute Gasteiger partial charge is 0.359 e. The number of aryl methyl sites for hydroxylation is 2. The fourth-order valence-electron chi connectivity index (χ4n) is 2.21. The van der Waals surface area contributed by atoms with Crippen LogP contribution in [0.3, 0.4) is 0 Å². The van der Waals surface area contributed by atoms with Gasteiger partial charge in [0.2, 0.25) is 0 Å². The van der Waals surface area contributed by atoms with Gasteiger partial charge in [-0.3, -0.25) is 14.9 Å². The number of thioether (sulfide) groups is 1. The zero-order valence-electron chi connectivity index (χ0n) is 12.6. The third kappa shape index (κ3) is 2.82. The van der Waals surface area contributed by atoms with Gasteiger partial charge in [0, 0.05) is 18.0 Å². The van der Waals surface area contributed by atoms with Gasteiger partial charge in [0.15, 0.2) is 5.76 Å². The topological polar surface area (TPSA) is 89.5 Å². The lowest BCUT2D eigenvalue weighted by Crippen LogP contribution is -2.27. The van der Waals surface area contributed by atoms with Crippen LogP contribution >= 0.6 is 11.8 Å². The van der Waals surface area contributed by atoms with E-state index in [-0.39, 0.29) is 11.3 Å². The van der Waals surface area contributed by atoms with E-state index in [1.165, 1.54) is 28.8 Å². The van der Waals surface area contributed by atoms with Crippen LogP contribution in [0.2, 0.25) is 0 Å². The van der Waals surface area contributed by atoms with E-state index < -0.39 is 10.8 Å². The van der Waals surface area contributed by atoms with E-state index in [4.69, 9.17) is 4.52 Å². The highest BCUT2D eigenvalue weighted by molar-refractivity contribution is 7.98. The molecule has 1 heterocycles. The zero-order valence-corrected chi connectivity index (χ0v) is 13.4. The van der Waals surface area contributed by atoms with Crippen LogP contribution in [-0.2, 0) is 0 Å². The van der Waals surface area contributed by atoms with E-state index in [1.807, 2.05) is 6.26 Å². The second-order valence-electron chi connectivity index (χ2n) is 4.68. The second kappa shape index (κ2) is 6.18. The first-order chi connectivity index (χ1) is 10.4. The van der Waals surface area contributed by atoms with Crippen LogP contribution in [0.5, 0.6) is 0 Å². The lowest BCUT2D eigenvalue weighted by atomic mass is 10.1. The summed E-state index contributed by atoms with van der Waals surface area (Å²) < 4.78 is 5.04. The monoisotopic (exact) mass is 321 g/mol. The summed E-state index contributed by atoms with van der Waals surface area (Å²) in [5, 5.41) is 15.0. The van der Waals surface area contributed by atoms with Crippen LogP contribution in [0.4, 0.5) is 11.4 Å². The predicted octanol–water partition coefficient (Wildman–Crippen LogP) is 3.20. The molecule has 1 aromatic carbocycles. The van der Waals surface area contributed by atoms with Crippen molar-refractivity contribution in [1.29, 1.82) is 0 Å². The molecule has 0 atom stereocenters. The maximum absolute atomic E-state index is 12.7. The van der Waals surface area contributed by atoms with Crippen molar-refractivity contribution in [2.45, 2.75) is 18.7 Å². The third-order valence-corrected chi connectivity index (χ3v) is 3.99. The van der Waals surface area contributed by atoms with Gasteiger partial charge in [0.1, 0.15) is 16.9 Å². The fourth-order valence-corrected chi connectivity index (χ4v) is 2.65. The van der Waals surface area contributed by atoms with E-state index in [2.05, 4.69) is 5.16 Å². The van der Waals surface area contributed by atoms with Crippen molar-refractivity contribution in [2.75, 3.05) is 18.2 Å². The Morgan fingerprint density at radius 3 is 2.59 bits per heavy atom. The molecule has 0 unspecified atom stereocenters. The predicted molar refractivity (Wildman–Crippen MR) is 83.6 cm³/mol. The molecule has 0 saturated carbocycles. The van der Waals surface area contributed by atoms with Crippen molar-refractivity contribution >= 4 is 29.0 Å². The summed E-state index contributed by atoms with van der Waals surface area (Å²) in [4.78, 5) is 25.4. The van der Waals surface area contributed by atoms with E-state index >= 15 is 0 Å². The van der Waals surface area contributed by atoms with Gasteiger partial charge in [-0.1, -0.05) is 5.16 Å². The summed E-state index contributed by atoms with van der Waals surface area (Å²) >= 11 is 1.41. The van der Waals surface area contributed by atoms with E-state index in [1.54, 1.807) is 27.0 Å². The van der Waals surface area contributed by atoms with E-state index in [0.717, 1.165) is 4.90 Å². The molecule has 7 nitrogen and oxygen atoms in total. The second-order valence-corrected chi connectivity index (χ2v) is 5.56. The molecule has 1 amide bonds. The first kappa shape index (κ1) is 16.0. The first-order valence-corrected chi connectivity index (χ1v) is 7.62. The minimum Gasteiger partial charge on any atom is -0.359 e. The summed E-state index contributed by atoms with van der Waals surface area (Å²) in [6.45, 7) is 3.40. The number of carbonyl (C=O) groups excluding carboxylic acids is 1. The summed E-state index contributed by atoms with van der Waals surface area (Å²) in [5.74, 6) is 0.00836. The van der Waals surface area contributed by atoms with Crippen molar-refractivity contribution in [1.82, 2.24) is 5.16 Å². The molecule has 2 rings (SSSR count). The smallest absolute Gasteiger partial charge is 0.282 e. The summed E-state index contributed by atoms with van der Waals surface area (Å²) in [5.41, 5.74) is 0.895. The van der Waals surface area contributed by atoms with Gasteiger partial charge in [0.25, 0.3) is 11.6 Å². The van der Waals surface area contributed by atoms with Crippen LogP contribution in [0, 0.1) is 24.0 Å². The first-order valence-electron chi connectivity index (χ1n) is 6.40. The molecule has 22 heavy (non-hydrogen) atoms. The molecule has 1 aromatic heterocycles. The summed E-state index contributed by atoms with van der Waals surface area (Å²) in [7, 11) is 1.55. The summed E-state index contributed by atoms with van der Waals surface area (Å²) in [6, 6.07) is 4.50. The van der Waals surface area contributed by atoms with E-state index in [9.17, 15) is 14.9 Å². The molecular weight excluding hydrogens is 306 g/mol. The number of nitrogens with zero attached hydrogens (tertiary/aromatic N) is 3. The Hall–Kier alpha value is -2.35. The van der Waals surface area contributed by atoms with Gasteiger partial charge in [-0.05, 0) is 32.2 Å². The van der Waals surface area contributed by atoms with Crippen molar-refractivity contribution in [3.05, 3.63) is 45.3 Å². The van der Waals surface area contributed by atoms with Gasteiger partial charge in [-0.2, -0.15) is 0 Å². The Morgan fingerprint density at radius 1 is 1.41 bits per heavy atom. The number of carbonyl (C=O) groups is 1. The normalized spacial score (nSPS) is 10.5. The molecule has 0 N–H and O–H groups in total. The molecule has 8 heteroatoms. The average Bonchev–Trinajstić information content (AvgIpc) is 2.84. The SMILES string of the molecule is CSc1ccc([N+](=O)[O-])c(C(=O)N(C)c2c(C)noc2C)c1. The molecule has 0 aliphatic heterocycles. The van der Waals surface area contributed by atoms with Crippen molar-refractivity contribution in [2.24, 2.45) is 0 Å². The summed E-state index contributed by atoms with van der Waals surface area (Å²) in [6.07, 6.45) is 1.84. The Kier molecular flexibility index (Phi) is 4.51. The molecule has 2 aromatic rings. The van der Waals surface area contributed by atoms with Crippen molar-refractivity contribution < 1.29 is 14.2 Å². The number of benzene rings is 1. The lowest BCUT2D eigenvalue weighted by molar-refractivity contribution is -0.385. The van der Waals surface area contributed by atoms with Crippen LogP contribution in [0.15, 0.2) is 27.6 Å². The molecule has 0 aliphatic carbocycles.